The van der Waals surface area contributed by atoms with E-state index in [2.05, 4.69) is 9.69 Å². The van der Waals surface area contributed by atoms with Crippen LogP contribution in [0.2, 0.25) is 0 Å². The Morgan fingerprint density at radius 3 is 2.79 bits per heavy atom. The predicted octanol–water partition coefficient (Wildman–Crippen LogP) is 4.19. The van der Waals surface area contributed by atoms with Crippen LogP contribution < -0.4 is 5.32 Å². The lowest BCUT2D eigenvalue weighted by Crippen LogP contribution is -2.01. The smallest absolute Gasteiger partial charge is 0.131 e. The van der Waals surface area contributed by atoms with Crippen molar-refractivity contribution in [1.82, 2.24) is 4.37 Å². The topological polar surface area (TPSA) is 24.9 Å². The van der Waals surface area contributed by atoms with Crippen LogP contribution in [-0.4, -0.2) is 4.37 Å². The molecule has 3 rings (SSSR count). The first-order valence-electron chi connectivity index (χ1n) is 5.76. The van der Waals surface area contributed by atoms with Crippen LogP contribution in [0.4, 0.5) is 13.8 Å². The van der Waals surface area contributed by atoms with E-state index in [4.69, 9.17) is 0 Å². The molecule has 3 aromatic rings. The number of aromatic nitrogens is 1. The van der Waals surface area contributed by atoms with Gasteiger partial charge in [0, 0.05) is 23.6 Å². The van der Waals surface area contributed by atoms with E-state index >= 15 is 0 Å². The van der Waals surface area contributed by atoms with E-state index in [0.29, 0.717) is 12.1 Å². The summed E-state index contributed by atoms with van der Waals surface area (Å²) >= 11 is 1.33. The summed E-state index contributed by atoms with van der Waals surface area (Å²) in [6, 6.07) is 11.3. The summed E-state index contributed by atoms with van der Waals surface area (Å²) in [6.07, 6.45) is 0. The minimum absolute atomic E-state index is 0.304. The third kappa shape index (κ3) is 2.42. The molecule has 0 aliphatic carbocycles. The molecular weight excluding hydrogens is 266 g/mol. The molecular formula is C14H10F2N2S. The molecule has 1 aromatic heterocycles. The maximum atomic E-state index is 13.5. The Morgan fingerprint density at radius 1 is 1.11 bits per heavy atom. The number of nitrogens with one attached hydrogen (secondary N) is 1. The Labute approximate surface area is 112 Å². The Bertz CT molecular complexity index is 724. The van der Waals surface area contributed by atoms with Crippen molar-refractivity contribution in [2.24, 2.45) is 0 Å². The van der Waals surface area contributed by atoms with Crippen LogP contribution in [0.3, 0.4) is 0 Å². The number of hydrogen-bond donors (Lipinski definition) is 1. The lowest BCUT2D eigenvalue weighted by molar-refractivity contribution is 0.574. The van der Waals surface area contributed by atoms with Crippen LogP contribution in [-0.2, 0) is 6.54 Å². The van der Waals surface area contributed by atoms with E-state index in [-0.39, 0.29) is 0 Å². The summed E-state index contributed by atoms with van der Waals surface area (Å²) in [5.74, 6) is -1.11. The van der Waals surface area contributed by atoms with E-state index in [9.17, 15) is 8.78 Å². The molecule has 2 nitrogen and oxygen atoms in total. The molecule has 0 aliphatic rings. The zero-order valence-electron chi connectivity index (χ0n) is 9.86. The van der Waals surface area contributed by atoms with E-state index in [1.165, 1.54) is 23.7 Å². The normalized spacial score (nSPS) is 10.8. The zero-order valence-corrected chi connectivity index (χ0v) is 10.7. The molecule has 0 fully saturated rings. The second kappa shape index (κ2) is 4.93. The molecule has 0 aliphatic heterocycles. The van der Waals surface area contributed by atoms with Gasteiger partial charge in [0.05, 0.1) is 5.52 Å². The van der Waals surface area contributed by atoms with E-state index in [0.717, 1.165) is 22.0 Å². The maximum absolute atomic E-state index is 13.5. The Morgan fingerprint density at radius 2 is 1.95 bits per heavy atom. The third-order valence-electron chi connectivity index (χ3n) is 2.84. The van der Waals surface area contributed by atoms with E-state index in [1.807, 2.05) is 24.3 Å². The Hall–Kier alpha value is -2.01. The number of fused-ring (bicyclic) bond motifs is 1. The second-order valence-corrected chi connectivity index (χ2v) is 4.89. The van der Waals surface area contributed by atoms with Crippen LogP contribution in [0.1, 0.15) is 5.56 Å². The SMILES string of the molecule is Fc1ccc(CNc2snc3ccccc23)c(F)c1. The van der Waals surface area contributed by atoms with Crippen LogP contribution >= 0.6 is 11.5 Å². The van der Waals surface area contributed by atoms with Crippen molar-refractivity contribution in [1.29, 1.82) is 0 Å². The number of anilines is 1. The summed E-state index contributed by atoms with van der Waals surface area (Å²) in [5.41, 5.74) is 1.34. The average Bonchev–Trinajstić information content (AvgIpc) is 2.81. The van der Waals surface area contributed by atoms with Crippen molar-refractivity contribution in [3.8, 4) is 0 Å². The van der Waals surface area contributed by atoms with Crippen molar-refractivity contribution in [3.05, 3.63) is 59.7 Å². The number of halogens is 2. The zero-order chi connectivity index (χ0) is 13.2. The number of rotatable bonds is 3. The predicted molar refractivity (Wildman–Crippen MR) is 73.3 cm³/mol. The molecule has 1 N–H and O–H groups in total. The first-order chi connectivity index (χ1) is 9.24. The standard InChI is InChI=1S/C14H10F2N2S/c15-10-6-5-9(12(16)7-10)8-17-14-11-3-1-2-4-13(11)18-19-14/h1-7,17H,8H2. The van der Waals surface area contributed by atoms with Gasteiger partial charge in [-0.15, -0.1) is 0 Å². The number of hydrogen-bond acceptors (Lipinski definition) is 3. The number of nitrogens with zero attached hydrogens (tertiary/aromatic N) is 1. The fraction of sp³-hybridized carbons (Fsp3) is 0.0714. The van der Waals surface area contributed by atoms with Gasteiger partial charge >= 0.3 is 0 Å². The van der Waals surface area contributed by atoms with Crippen LogP contribution in [0.25, 0.3) is 10.9 Å². The first-order valence-corrected chi connectivity index (χ1v) is 6.53. The fourth-order valence-electron chi connectivity index (χ4n) is 1.86. The lowest BCUT2D eigenvalue weighted by Gasteiger charge is -2.05. The van der Waals surface area contributed by atoms with Crippen LogP contribution in [0.5, 0.6) is 0 Å². The van der Waals surface area contributed by atoms with Gasteiger partial charge < -0.3 is 5.32 Å². The maximum Gasteiger partial charge on any atom is 0.131 e. The minimum atomic E-state index is -0.565. The third-order valence-corrected chi connectivity index (χ3v) is 3.67. The van der Waals surface area contributed by atoms with Gasteiger partial charge in [-0.3, -0.25) is 0 Å². The van der Waals surface area contributed by atoms with Gasteiger partial charge in [-0.05, 0) is 29.7 Å². The highest BCUT2D eigenvalue weighted by molar-refractivity contribution is 7.11. The first kappa shape index (κ1) is 12.0. The Kier molecular flexibility index (Phi) is 3.13. The molecule has 0 atom stereocenters. The van der Waals surface area contributed by atoms with Crippen molar-refractivity contribution in [3.63, 3.8) is 0 Å². The summed E-state index contributed by atoms with van der Waals surface area (Å²) < 4.78 is 30.6. The van der Waals surface area contributed by atoms with E-state index < -0.39 is 11.6 Å². The molecule has 0 amide bonds. The van der Waals surface area contributed by atoms with Crippen molar-refractivity contribution in [2.45, 2.75) is 6.54 Å². The van der Waals surface area contributed by atoms with Crippen molar-refractivity contribution in [2.75, 3.05) is 5.32 Å². The molecule has 0 radical (unpaired) electrons. The van der Waals surface area contributed by atoms with Crippen LogP contribution in [0, 0.1) is 11.6 Å². The van der Waals surface area contributed by atoms with E-state index in [1.54, 1.807) is 0 Å². The van der Waals surface area contributed by atoms with Crippen molar-refractivity contribution >= 4 is 27.4 Å². The Balaban J connectivity index is 1.82. The molecule has 0 unspecified atom stereocenters. The van der Waals surface area contributed by atoms with Gasteiger partial charge in [-0.1, -0.05) is 18.2 Å². The molecule has 19 heavy (non-hydrogen) atoms. The molecule has 0 saturated carbocycles. The highest BCUT2D eigenvalue weighted by atomic mass is 32.1. The highest BCUT2D eigenvalue weighted by Gasteiger charge is 2.07. The highest BCUT2D eigenvalue weighted by Crippen LogP contribution is 2.27. The largest absolute Gasteiger partial charge is 0.371 e. The monoisotopic (exact) mass is 276 g/mol. The molecule has 96 valence electrons. The number of benzene rings is 2. The van der Waals surface area contributed by atoms with Gasteiger partial charge in [0.15, 0.2) is 0 Å². The minimum Gasteiger partial charge on any atom is -0.371 e. The lowest BCUT2D eigenvalue weighted by atomic mass is 10.2. The van der Waals surface area contributed by atoms with Gasteiger partial charge in [-0.25, -0.2) is 8.78 Å². The van der Waals surface area contributed by atoms with Gasteiger partial charge in [-0.2, -0.15) is 4.37 Å². The summed E-state index contributed by atoms with van der Waals surface area (Å²) in [7, 11) is 0. The van der Waals surface area contributed by atoms with Crippen LogP contribution in [0.15, 0.2) is 42.5 Å². The van der Waals surface area contributed by atoms with Crippen molar-refractivity contribution < 1.29 is 8.78 Å². The molecule has 5 heteroatoms. The fourth-order valence-corrected chi connectivity index (χ4v) is 2.61. The molecule has 0 bridgehead atoms. The summed E-state index contributed by atoms with van der Waals surface area (Å²) in [6.45, 7) is 0.304. The quantitative estimate of drug-likeness (QED) is 0.776. The summed E-state index contributed by atoms with van der Waals surface area (Å²) in [5, 5.41) is 5.04. The summed E-state index contributed by atoms with van der Waals surface area (Å²) in [4.78, 5) is 0. The van der Waals surface area contributed by atoms with Gasteiger partial charge in [0.1, 0.15) is 16.6 Å². The molecule has 1 heterocycles. The van der Waals surface area contributed by atoms with Gasteiger partial charge in [0.25, 0.3) is 0 Å². The molecule has 0 saturated heterocycles. The van der Waals surface area contributed by atoms with Gasteiger partial charge in [0.2, 0.25) is 0 Å². The molecule has 0 spiro atoms. The molecule has 2 aromatic carbocycles. The average molecular weight is 276 g/mol. The second-order valence-electron chi connectivity index (χ2n) is 4.12.